The Hall–Kier alpha value is -0.770. The van der Waals surface area contributed by atoms with Crippen LogP contribution >= 0.6 is 11.6 Å². The highest BCUT2D eigenvalue weighted by atomic mass is 35.5. The Labute approximate surface area is 121 Å². The second-order valence-corrected chi connectivity index (χ2v) is 5.33. The summed E-state index contributed by atoms with van der Waals surface area (Å²) in [5.74, 6) is 0.848. The van der Waals surface area contributed by atoms with Gasteiger partial charge in [-0.15, -0.1) is 0 Å². The van der Waals surface area contributed by atoms with Gasteiger partial charge in [0.2, 0.25) is 0 Å². The molecular weight excluding hydrogens is 262 g/mol. The predicted octanol–water partition coefficient (Wildman–Crippen LogP) is 3.42. The van der Waals surface area contributed by atoms with Crippen LogP contribution in [0.1, 0.15) is 32.8 Å². The summed E-state index contributed by atoms with van der Waals surface area (Å²) in [5.41, 5.74) is 7.06. The molecule has 108 valence electrons. The Bertz CT molecular complexity index is 382. The SMILES string of the molecule is CCC(N)Cc1cc(Cl)ccc1OCCOC(C)C. The van der Waals surface area contributed by atoms with E-state index in [1.54, 1.807) is 0 Å². The van der Waals surface area contributed by atoms with Gasteiger partial charge in [0, 0.05) is 11.1 Å². The van der Waals surface area contributed by atoms with Crippen molar-refractivity contribution in [3.8, 4) is 5.75 Å². The van der Waals surface area contributed by atoms with Crippen LogP contribution in [0.4, 0.5) is 0 Å². The maximum atomic E-state index is 6.03. The first-order chi connectivity index (χ1) is 9.02. The van der Waals surface area contributed by atoms with Crippen LogP contribution in [0.15, 0.2) is 18.2 Å². The third-order valence-corrected chi connectivity index (χ3v) is 3.06. The molecule has 0 bridgehead atoms. The van der Waals surface area contributed by atoms with Gasteiger partial charge in [-0.1, -0.05) is 18.5 Å². The van der Waals surface area contributed by atoms with Crippen LogP contribution in [0.2, 0.25) is 5.02 Å². The van der Waals surface area contributed by atoms with Crippen LogP contribution in [-0.4, -0.2) is 25.4 Å². The molecule has 1 unspecified atom stereocenters. The summed E-state index contributed by atoms with van der Waals surface area (Å²) in [5, 5.41) is 0.712. The molecule has 19 heavy (non-hydrogen) atoms. The summed E-state index contributed by atoms with van der Waals surface area (Å²) in [7, 11) is 0. The summed E-state index contributed by atoms with van der Waals surface area (Å²) in [6.45, 7) is 7.21. The lowest BCUT2D eigenvalue weighted by Crippen LogP contribution is -2.22. The van der Waals surface area contributed by atoms with Crippen molar-refractivity contribution in [2.24, 2.45) is 5.73 Å². The molecule has 0 radical (unpaired) electrons. The van der Waals surface area contributed by atoms with Gasteiger partial charge < -0.3 is 15.2 Å². The zero-order valence-electron chi connectivity index (χ0n) is 12.0. The van der Waals surface area contributed by atoms with Gasteiger partial charge >= 0.3 is 0 Å². The average Bonchev–Trinajstić information content (AvgIpc) is 2.36. The Balaban J connectivity index is 2.60. The fourth-order valence-corrected chi connectivity index (χ4v) is 1.91. The van der Waals surface area contributed by atoms with Gasteiger partial charge in [0.1, 0.15) is 12.4 Å². The van der Waals surface area contributed by atoms with E-state index in [0.717, 1.165) is 24.2 Å². The van der Waals surface area contributed by atoms with Gasteiger partial charge in [-0.25, -0.2) is 0 Å². The van der Waals surface area contributed by atoms with Gasteiger partial charge in [0.05, 0.1) is 12.7 Å². The molecule has 1 rings (SSSR count). The van der Waals surface area contributed by atoms with Crippen LogP contribution in [0, 0.1) is 0 Å². The van der Waals surface area contributed by atoms with Gasteiger partial charge in [0.15, 0.2) is 0 Å². The first kappa shape index (κ1) is 16.3. The summed E-state index contributed by atoms with van der Waals surface area (Å²) in [6, 6.07) is 5.79. The van der Waals surface area contributed by atoms with E-state index in [9.17, 15) is 0 Å². The average molecular weight is 286 g/mol. The monoisotopic (exact) mass is 285 g/mol. The molecule has 0 saturated carbocycles. The lowest BCUT2D eigenvalue weighted by atomic mass is 10.0. The molecule has 2 N–H and O–H groups in total. The fraction of sp³-hybridized carbons (Fsp3) is 0.600. The van der Waals surface area contributed by atoms with E-state index in [4.69, 9.17) is 26.8 Å². The standard InChI is InChI=1S/C15H24ClNO2/c1-4-14(17)10-12-9-13(16)5-6-15(12)19-8-7-18-11(2)3/h5-6,9,11,14H,4,7-8,10,17H2,1-3H3. The highest BCUT2D eigenvalue weighted by molar-refractivity contribution is 6.30. The molecule has 0 aliphatic rings. The number of hydrogen-bond donors (Lipinski definition) is 1. The van der Waals surface area contributed by atoms with E-state index in [0.29, 0.717) is 18.2 Å². The molecule has 3 nitrogen and oxygen atoms in total. The smallest absolute Gasteiger partial charge is 0.122 e. The largest absolute Gasteiger partial charge is 0.491 e. The number of ether oxygens (including phenoxy) is 2. The predicted molar refractivity (Wildman–Crippen MR) is 80.0 cm³/mol. The molecule has 0 aliphatic heterocycles. The number of halogens is 1. The highest BCUT2D eigenvalue weighted by Gasteiger charge is 2.09. The molecule has 0 heterocycles. The minimum atomic E-state index is 0.132. The van der Waals surface area contributed by atoms with Crippen LogP contribution in [0.25, 0.3) is 0 Å². The Morgan fingerprint density at radius 2 is 2.00 bits per heavy atom. The van der Waals surface area contributed by atoms with Crippen molar-refractivity contribution >= 4 is 11.6 Å². The van der Waals surface area contributed by atoms with Crippen molar-refractivity contribution in [2.45, 2.75) is 45.8 Å². The molecule has 0 aliphatic carbocycles. The molecule has 0 spiro atoms. The van der Waals surface area contributed by atoms with Crippen molar-refractivity contribution < 1.29 is 9.47 Å². The minimum Gasteiger partial charge on any atom is -0.491 e. The van der Waals surface area contributed by atoms with Crippen LogP contribution in [0.5, 0.6) is 5.75 Å². The quantitative estimate of drug-likeness (QED) is 0.744. The van der Waals surface area contributed by atoms with Crippen LogP contribution < -0.4 is 10.5 Å². The van der Waals surface area contributed by atoms with E-state index in [-0.39, 0.29) is 12.1 Å². The van der Waals surface area contributed by atoms with E-state index in [2.05, 4.69) is 6.92 Å². The van der Waals surface area contributed by atoms with Crippen molar-refractivity contribution in [3.63, 3.8) is 0 Å². The lowest BCUT2D eigenvalue weighted by molar-refractivity contribution is 0.0550. The van der Waals surface area contributed by atoms with Gasteiger partial charge in [0.25, 0.3) is 0 Å². The van der Waals surface area contributed by atoms with E-state index in [1.165, 1.54) is 0 Å². The van der Waals surface area contributed by atoms with E-state index in [1.807, 2.05) is 32.0 Å². The van der Waals surface area contributed by atoms with Crippen LogP contribution in [-0.2, 0) is 11.2 Å². The maximum absolute atomic E-state index is 6.03. The number of hydrogen-bond acceptors (Lipinski definition) is 3. The number of benzene rings is 1. The second kappa shape index (κ2) is 8.41. The van der Waals surface area contributed by atoms with Crippen molar-refractivity contribution in [1.82, 2.24) is 0 Å². The van der Waals surface area contributed by atoms with Gasteiger partial charge in [-0.3, -0.25) is 0 Å². The molecule has 1 atom stereocenters. The Kier molecular flexibility index (Phi) is 7.21. The van der Waals surface area contributed by atoms with Crippen molar-refractivity contribution in [1.29, 1.82) is 0 Å². The highest BCUT2D eigenvalue weighted by Crippen LogP contribution is 2.24. The Morgan fingerprint density at radius 1 is 1.26 bits per heavy atom. The van der Waals surface area contributed by atoms with Crippen molar-refractivity contribution in [3.05, 3.63) is 28.8 Å². The summed E-state index contributed by atoms with van der Waals surface area (Å²) in [6.07, 6.45) is 1.93. The van der Waals surface area contributed by atoms with Crippen LogP contribution in [0.3, 0.4) is 0 Å². The Morgan fingerprint density at radius 3 is 2.63 bits per heavy atom. The summed E-state index contributed by atoms with van der Waals surface area (Å²) in [4.78, 5) is 0. The van der Waals surface area contributed by atoms with Gasteiger partial charge in [-0.2, -0.15) is 0 Å². The van der Waals surface area contributed by atoms with Crippen molar-refractivity contribution in [2.75, 3.05) is 13.2 Å². The molecule has 0 fully saturated rings. The van der Waals surface area contributed by atoms with E-state index >= 15 is 0 Å². The molecule has 1 aromatic carbocycles. The molecule has 0 amide bonds. The fourth-order valence-electron chi connectivity index (χ4n) is 1.71. The topological polar surface area (TPSA) is 44.5 Å². The molecule has 1 aromatic rings. The molecule has 0 aromatic heterocycles. The molecule has 4 heteroatoms. The lowest BCUT2D eigenvalue weighted by Gasteiger charge is -2.15. The molecular formula is C15H24ClNO2. The third-order valence-electron chi connectivity index (χ3n) is 2.82. The molecule has 0 saturated heterocycles. The number of nitrogens with two attached hydrogens (primary N) is 1. The second-order valence-electron chi connectivity index (χ2n) is 4.89. The first-order valence-electron chi connectivity index (χ1n) is 6.81. The number of rotatable bonds is 8. The van der Waals surface area contributed by atoms with E-state index < -0.39 is 0 Å². The summed E-state index contributed by atoms with van der Waals surface area (Å²) < 4.78 is 11.2. The summed E-state index contributed by atoms with van der Waals surface area (Å²) >= 11 is 6.03. The minimum absolute atomic E-state index is 0.132. The maximum Gasteiger partial charge on any atom is 0.122 e. The third kappa shape index (κ3) is 6.28. The normalized spacial score (nSPS) is 12.7. The van der Waals surface area contributed by atoms with Gasteiger partial charge in [-0.05, 0) is 50.5 Å². The zero-order chi connectivity index (χ0) is 14.3. The first-order valence-corrected chi connectivity index (χ1v) is 7.19. The zero-order valence-corrected chi connectivity index (χ0v) is 12.7.